The Hall–Kier alpha value is -1.80. The number of aromatic nitrogens is 2. The summed E-state index contributed by atoms with van der Waals surface area (Å²) in [5.41, 5.74) is 1.75. The number of thiazole rings is 2. The van der Waals surface area contributed by atoms with Crippen LogP contribution in [0.1, 0.15) is 4.88 Å². The summed E-state index contributed by atoms with van der Waals surface area (Å²) in [5, 5.41) is 6.18. The van der Waals surface area contributed by atoms with Gasteiger partial charge < -0.3 is 5.32 Å². The van der Waals surface area contributed by atoms with E-state index in [0.717, 1.165) is 25.8 Å². The molecule has 4 nitrogen and oxygen atoms in total. The smallest absolute Gasteiger partial charge is 0.231 e. The van der Waals surface area contributed by atoms with Crippen molar-refractivity contribution in [3.63, 3.8) is 0 Å². The summed E-state index contributed by atoms with van der Waals surface area (Å²) in [6.07, 6.45) is 0.299. The standard InChI is InChI=1S/C16H10ClN3OS3/c17-13-6-5-9(23-13)7-14(21)20-16-19-11(8-22-16)15-18-10-3-1-2-4-12(10)24-15/h1-6,8H,7H2,(H,19,20,21). The van der Waals surface area contributed by atoms with Crippen LogP contribution in [-0.2, 0) is 11.2 Å². The van der Waals surface area contributed by atoms with Crippen molar-refractivity contribution >= 4 is 66.9 Å². The number of hydrogen-bond donors (Lipinski definition) is 1. The van der Waals surface area contributed by atoms with Crippen molar-refractivity contribution in [2.75, 3.05) is 5.32 Å². The number of thiophene rings is 1. The molecule has 0 unspecified atom stereocenters. The van der Waals surface area contributed by atoms with Gasteiger partial charge in [0.05, 0.1) is 21.0 Å². The maximum absolute atomic E-state index is 12.1. The van der Waals surface area contributed by atoms with Gasteiger partial charge in [0, 0.05) is 10.3 Å². The highest BCUT2D eigenvalue weighted by molar-refractivity contribution is 7.22. The van der Waals surface area contributed by atoms with Gasteiger partial charge in [0.15, 0.2) is 5.13 Å². The first kappa shape index (κ1) is 15.7. The van der Waals surface area contributed by atoms with Crippen LogP contribution in [0.25, 0.3) is 20.9 Å². The number of para-hydroxylation sites is 1. The number of hydrogen-bond acceptors (Lipinski definition) is 6. The molecule has 4 aromatic rings. The molecule has 3 aromatic heterocycles. The number of nitrogens with zero attached hydrogens (tertiary/aromatic N) is 2. The molecule has 4 rings (SSSR count). The van der Waals surface area contributed by atoms with Crippen molar-refractivity contribution in [3.8, 4) is 10.7 Å². The van der Waals surface area contributed by atoms with E-state index in [1.807, 2.05) is 35.7 Å². The van der Waals surface area contributed by atoms with Crippen LogP contribution < -0.4 is 5.32 Å². The molecule has 0 fully saturated rings. The van der Waals surface area contributed by atoms with Crippen molar-refractivity contribution < 1.29 is 4.79 Å². The molecule has 120 valence electrons. The summed E-state index contributed by atoms with van der Waals surface area (Å²) >= 11 is 10.3. The highest BCUT2D eigenvalue weighted by atomic mass is 35.5. The summed E-state index contributed by atoms with van der Waals surface area (Å²) in [4.78, 5) is 22.1. The second-order valence-electron chi connectivity index (χ2n) is 4.96. The van der Waals surface area contributed by atoms with Crippen LogP contribution in [0.5, 0.6) is 0 Å². The average Bonchev–Trinajstić information content (AvgIpc) is 3.26. The maximum atomic E-state index is 12.1. The van der Waals surface area contributed by atoms with Crippen LogP contribution in [0.2, 0.25) is 4.34 Å². The molecule has 0 saturated heterocycles. The number of carbonyl (C=O) groups excluding carboxylic acids is 1. The van der Waals surface area contributed by atoms with Gasteiger partial charge in [-0.3, -0.25) is 4.79 Å². The van der Waals surface area contributed by atoms with Gasteiger partial charge in [-0.1, -0.05) is 23.7 Å². The molecule has 0 aliphatic heterocycles. The summed E-state index contributed by atoms with van der Waals surface area (Å²) in [6.45, 7) is 0. The van der Waals surface area contributed by atoms with Gasteiger partial charge in [0.1, 0.15) is 10.7 Å². The van der Waals surface area contributed by atoms with Crippen LogP contribution in [-0.4, -0.2) is 15.9 Å². The summed E-state index contributed by atoms with van der Waals surface area (Å²) in [7, 11) is 0. The average molecular weight is 392 g/mol. The molecule has 0 spiro atoms. The Labute approximate surface area is 154 Å². The number of fused-ring (bicyclic) bond motifs is 1. The maximum Gasteiger partial charge on any atom is 0.231 e. The third-order valence-corrected chi connectivity index (χ3v) is 6.27. The molecule has 1 aromatic carbocycles. The van der Waals surface area contributed by atoms with Crippen molar-refractivity contribution in [1.29, 1.82) is 0 Å². The lowest BCUT2D eigenvalue weighted by Crippen LogP contribution is -2.13. The van der Waals surface area contributed by atoms with E-state index in [1.54, 1.807) is 17.4 Å². The van der Waals surface area contributed by atoms with Gasteiger partial charge in [0.2, 0.25) is 5.91 Å². The fraction of sp³-hybridized carbons (Fsp3) is 0.0625. The van der Waals surface area contributed by atoms with E-state index < -0.39 is 0 Å². The van der Waals surface area contributed by atoms with E-state index in [1.165, 1.54) is 22.7 Å². The number of carbonyl (C=O) groups is 1. The summed E-state index contributed by atoms with van der Waals surface area (Å²) in [5.74, 6) is -0.0984. The number of halogens is 1. The molecule has 3 heterocycles. The minimum absolute atomic E-state index is 0.0984. The summed E-state index contributed by atoms with van der Waals surface area (Å²) in [6, 6.07) is 11.6. The van der Waals surface area contributed by atoms with Crippen LogP contribution in [0.4, 0.5) is 5.13 Å². The first-order chi connectivity index (χ1) is 11.7. The van der Waals surface area contributed by atoms with E-state index in [0.29, 0.717) is 15.9 Å². The molecule has 1 N–H and O–H groups in total. The predicted octanol–water partition coefficient (Wildman–Crippen LogP) is 5.32. The number of benzene rings is 1. The van der Waals surface area contributed by atoms with Gasteiger partial charge in [-0.2, -0.15) is 0 Å². The SMILES string of the molecule is O=C(Cc1ccc(Cl)s1)Nc1nc(-c2nc3ccccc3s2)cs1. The minimum atomic E-state index is -0.0984. The first-order valence-electron chi connectivity index (χ1n) is 7.03. The number of rotatable bonds is 4. The number of anilines is 1. The molecule has 0 aliphatic rings. The van der Waals surface area contributed by atoms with Gasteiger partial charge in [-0.05, 0) is 24.3 Å². The molecule has 24 heavy (non-hydrogen) atoms. The van der Waals surface area contributed by atoms with Crippen molar-refractivity contribution in [2.45, 2.75) is 6.42 Å². The zero-order chi connectivity index (χ0) is 16.5. The fourth-order valence-electron chi connectivity index (χ4n) is 2.18. The van der Waals surface area contributed by atoms with Crippen molar-refractivity contribution in [2.24, 2.45) is 0 Å². The van der Waals surface area contributed by atoms with Gasteiger partial charge in [-0.25, -0.2) is 9.97 Å². The molecule has 1 amide bonds. The third-order valence-electron chi connectivity index (χ3n) is 3.23. The lowest BCUT2D eigenvalue weighted by molar-refractivity contribution is -0.115. The second-order valence-corrected chi connectivity index (χ2v) is 8.64. The lowest BCUT2D eigenvalue weighted by atomic mass is 10.3. The van der Waals surface area contributed by atoms with E-state index in [4.69, 9.17) is 11.6 Å². The Balaban J connectivity index is 1.49. The van der Waals surface area contributed by atoms with Gasteiger partial charge in [0.25, 0.3) is 0 Å². The monoisotopic (exact) mass is 391 g/mol. The molecular formula is C16H10ClN3OS3. The Morgan fingerprint density at radius 2 is 2.00 bits per heavy atom. The van der Waals surface area contributed by atoms with Crippen LogP contribution in [0.15, 0.2) is 41.8 Å². The van der Waals surface area contributed by atoms with E-state index in [-0.39, 0.29) is 5.91 Å². The highest BCUT2D eigenvalue weighted by Gasteiger charge is 2.12. The normalized spacial score (nSPS) is 11.0. The Kier molecular flexibility index (Phi) is 4.32. The Bertz CT molecular complexity index is 987. The molecule has 0 bridgehead atoms. The molecule has 0 atom stereocenters. The Morgan fingerprint density at radius 3 is 2.79 bits per heavy atom. The minimum Gasteiger partial charge on any atom is -0.302 e. The van der Waals surface area contributed by atoms with Crippen molar-refractivity contribution in [1.82, 2.24) is 9.97 Å². The number of amides is 1. The molecule has 0 saturated carbocycles. The molecule has 0 radical (unpaired) electrons. The third kappa shape index (κ3) is 3.34. The van der Waals surface area contributed by atoms with Crippen LogP contribution in [0, 0.1) is 0 Å². The van der Waals surface area contributed by atoms with Gasteiger partial charge in [-0.15, -0.1) is 34.0 Å². The van der Waals surface area contributed by atoms with E-state index >= 15 is 0 Å². The lowest BCUT2D eigenvalue weighted by Gasteiger charge is -1.99. The van der Waals surface area contributed by atoms with Gasteiger partial charge >= 0.3 is 0 Å². The fourth-order valence-corrected chi connectivity index (χ4v) is 4.98. The largest absolute Gasteiger partial charge is 0.302 e. The molecular weight excluding hydrogens is 382 g/mol. The predicted molar refractivity (Wildman–Crippen MR) is 102 cm³/mol. The highest BCUT2D eigenvalue weighted by Crippen LogP contribution is 2.32. The zero-order valence-electron chi connectivity index (χ0n) is 12.2. The van der Waals surface area contributed by atoms with Crippen LogP contribution in [0.3, 0.4) is 0 Å². The van der Waals surface area contributed by atoms with Crippen LogP contribution >= 0.6 is 45.6 Å². The number of nitrogens with one attached hydrogen (secondary N) is 1. The second kappa shape index (κ2) is 6.60. The van der Waals surface area contributed by atoms with E-state index in [9.17, 15) is 4.79 Å². The van der Waals surface area contributed by atoms with E-state index in [2.05, 4.69) is 15.3 Å². The Morgan fingerprint density at radius 1 is 1.12 bits per heavy atom. The topological polar surface area (TPSA) is 54.9 Å². The summed E-state index contributed by atoms with van der Waals surface area (Å²) < 4.78 is 1.81. The molecule has 0 aliphatic carbocycles. The quantitative estimate of drug-likeness (QED) is 0.512. The zero-order valence-corrected chi connectivity index (χ0v) is 15.4. The molecule has 8 heteroatoms. The first-order valence-corrected chi connectivity index (χ1v) is 9.92. The van der Waals surface area contributed by atoms with Crippen molar-refractivity contribution in [3.05, 3.63) is 51.0 Å².